The van der Waals surface area contributed by atoms with Gasteiger partial charge in [-0.3, -0.25) is 9.69 Å². The van der Waals surface area contributed by atoms with Gasteiger partial charge in [0.1, 0.15) is 5.76 Å². The third-order valence-corrected chi connectivity index (χ3v) is 4.92. The average molecular weight is 293 g/mol. The zero-order valence-corrected chi connectivity index (χ0v) is 12.7. The Bertz CT molecular complexity index is 506. The van der Waals surface area contributed by atoms with Crippen molar-refractivity contribution in [2.45, 2.75) is 26.3 Å². The molecule has 6 heteroatoms. The molecule has 2 aliphatic rings. The molecule has 0 aromatic carbocycles. The predicted molar refractivity (Wildman–Crippen MR) is 76.6 cm³/mol. The maximum absolute atomic E-state index is 12.0. The predicted octanol–water partition coefficient (Wildman–Crippen LogP) is 0.958. The number of rotatable bonds is 4. The normalized spacial score (nSPS) is 25.4. The summed E-state index contributed by atoms with van der Waals surface area (Å²) in [6.45, 7) is 6.02. The molecule has 0 radical (unpaired) electrons. The van der Waals surface area contributed by atoms with E-state index in [0.29, 0.717) is 6.61 Å². The molecule has 6 nitrogen and oxygen atoms in total. The molecule has 2 aliphatic heterocycles. The molecular formula is C15H23N3O3. The molecule has 1 N–H and O–H groups in total. The molecule has 2 fully saturated rings. The summed E-state index contributed by atoms with van der Waals surface area (Å²) in [6, 6.07) is 1.98. The summed E-state index contributed by atoms with van der Waals surface area (Å²) >= 11 is 0. The SMILES string of the molecule is COC[C@H]1C(=O)NCC12CCN(Cc1cc(C)on1)CC2. The van der Waals surface area contributed by atoms with E-state index in [-0.39, 0.29) is 17.2 Å². The highest BCUT2D eigenvalue weighted by Crippen LogP contribution is 2.42. The molecule has 2 saturated heterocycles. The topological polar surface area (TPSA) is 67.6 Å². The fourth-order valence-corrected chi connectivity index (χ4v) is 3.61. The quantitative estimate of drug-likeness (QED) is 0.895. The first kappa shape index (κ1) is 14.5. The van der Waals surface area contributed by atoms with Crippen LogP contribution in [-0.4, -0.2) is 49.3 Å². The first-order chi connectivity index (χ1) is 10.1. The monoisotopic (exact) mass is 293 g/mol. The summed E-state index contributed by atoms with van der Waals surface area (Å²) in [4.78, 5) is 14.4. The molecule has 0 bridgehead atoms. The first-order valence-corrected chi connectivity index (χ1v) is 7.54. The van der Waals surface area contributed by atoms with E-state index in [1.54, 1.807) is 7.11 Å². The van der Waals surface area contributed by atoms with Crippen molar-refractivity contribution in [1.29, 1.82) is 0 Å². The number of aryl methyl sites for hydroxylation is 1. The zero-order valence-electron chi connectivity index (χ0n) is 12.7. The maximum atomic E-state index is 12.0. The van der Waals surface area contributed by atoms with Crippen molar-refractivity contribution in [2.24, 2.45) is 11.3 Å². The van der Waals surface area contributed by atoms with Gasteiger partial charge in [-0.1, -0.05) is 5.16 Å². The molecule has 21 heavy (non-hydrogen) atoms. The number of amides is 1. The molecule has 1 aromatic heterocycles. The molecule has 3 rings (SSSR count). The van der Waals surface area contributed by atoms with Gasteiger partial charge >= 0.3 is 0 Å². The Morgan fingerprint density at radius 3 is 2.90 bits per heavy atom. The lowest BCUT2D eigenvalue weighted by Gasteiger charge is -2.41. The highest BCUT2D eigenvalue weighted by Gasteiger charge is 2.49. The van der Waals surface area contributed by atoms with E-state index in [2.05, 4.69) is 15.4 Å². The van der Waals surface area contributed by atoms with E-state index in [4.69, 9.17) is 9.26 Å². The van der Waals surface area contributed by atoms with Crippen molar-refractivity contribution in [3.05, 3.63) is 17.5 Å². The standard InChI is InChI=1S/C15H23N3O3/c1-11-7-12(17-21-11)8-18-5-3-15(4-6-18)10-16-14(19)13(15)9-20-2/h7,13H,3-6,8-10H2,1-2H3,(H,16,19)/t13-/m0/s1. The molecule has 1 atom stereocenters. The number of carbonyl (C=O) groups excluding carboxylic acids is 1. The van der Waals surface area contributed by atoms with Gasteiger partial charge < -0.3 is 14.6 Å². The average Bonchev–Trinajstić information content (AvgIpc) is 3.01. The number of aromatic nitrogens is 1. The third-order valence-electron chi connectivity index (χ3n) is 4.92. The number of carbonyl (C=O) groups is 1. The number of hydrogen-bond acceptors (Lipinski definition) is 5. The second-order valence-electron chi connectivity index (χ2n) is 6.29. The highest BCUT2D eigenvalue weighted by molar-refractivity contribution is 5.82. The van der Waals surface area contributed by atoms with Gasteiger partial charge in [-0.05, 0) is 32.9 Å². The van der Waals surface area contributed by atoms with Crippen LogP contribution in [0.2, 0.25) is 0 Å². The number of hydrogen-bond donors (Lipinski definition) is 1. The van der Waals surface area contributed by atoms with E-state index in [9.17, 15) is 4.79 Å². The molecule has 1 spiro atoms. The number of methoxy groups -OCH3 is 1. The van der Waals surface area contributed by atoms with Crippen molar-refractivity contribution in [3.8, 4) is 0 Å². The fraction of sp³-hybridized carbons (Fsp3) is 0.733. The van der Waals surface area contributed by atoms with Crippen molar-refractivity contribution in [2.75, 3.05) is 33.4 Å². The van der Waals surface area contributed by atoms with Gasteiger partial charge in [-0.2, -0.15) is 0 Å². The number of nitrogens with one attached hydrogen (secondary N) is 1. The van der Waals surface area contributed by atoms with E-state index >= 15 is 0 Å². The second-order valence-corrected chi connectivity index (χ2v) is 6.29. The third kappa shape index (κ3) is 2.82. The zero-order chi connectivity index (χ0) is 14.9. The van der Waals surface area contributed by atoms with Crippen LogP contribution >= 0.6 is 0 Å². The highest BCUT2D eigenvalue weighted by atomic mass is 16.5. The van der Waals surface area contributed by atoms with Crippen molar-refractivity contribution >= 4 is 5.91 Å². The van der Waals surface area contributed by atoms with Crippen LogP contribution in [0.25, 0.3) is 0 Å². The lowest BCUT2D eigenvalue weighted by molar-refractivity contribution is -0.126. The van der Waals surface area contributed by atoms with Gasteiger partial charge in [0.25, 0.3) is 0 Å². The summed E-state index contributed by atoms with van der Waals surface area (Å²) in [5.41, 5.74) is 1.06. The summed E-state index contributed by atoms with van der Waals surface area (Å²) < 4.78 is 10.4. The van der Waals surface area contributed by atoms with Crippen LogP contribution in [-0.2, 0) is 16.1 Å². The number of piperidine rings is 1. The summed E-state index contributed by atoms with van der Waals surface area (Å²) in [6.07, 6.45) is 2.05. The van der Waals surface area contributed by atoms with Crippen LogP contribution in [0.4, 0.5) is 0 Å². The van der Waals surface area contributed by atoms with Gasteiger partial charge in [0.2, 0.25) is 5.91 Å². The molecule has 1 amide bonds. The van der Waals surface area contributed by atoms with Crippen LogP contribution < -0.4 is 5.32 Å². The minimum absolute atomic E-state index is 0.000977. The Morgan fingerprint density at radius 2 is 2.29 bits per heavy atom. The lowest BCUT2D eigenvalue weighted by atomic mass is 9.71. The number of likely N-dealkylation sites (tertiary alicyclic amines) is 1. The van der Waals surface area contributed by atoms with Crippen molar-refractivity contribution < 1.29 is 14.1 Å². The van der Waals surface area contributed by atoms with E-state index < -0.39 is 0 Å². The Balaban J connectivity index is 1.60. The summed E-state index contributed by atoms with van der Waals surface area (Å²) in [5, 5.41) is 7.07. The van der Waals surface area contributed by atoms with Crippen molar-refractivity contribution in [1.82, 2.24) is 15.4 Å². The van der Waals surface area contributed by atoms with Crippen LogP contribution in [0.15, 0.2) is 10.6 Å². The summed E-state index contributed by atoms with van der Waals surface area (Å²) in [7, 11) is 1.67. The molecular weight excluding hydrogens is 270 g/mol. The van der Waals surface area contributed by atoms with E-state index in [1.165, 1.54) is 0 Å². The molecule has 0 aliphatic carbocycles. The Hall–Kier alpha value is -1.40. The molecule has 0 saturated carbocycles. The smallest absolute Gasteiger partial charge is 0.226 e. The number of ether oxygens (including phenoxy) is 1. The minimum atomic E-state index is -0.000977. The van der Waals surface area contributed by atoms with E-state index in [0.717, 1.165) is 50.5 Å². The maximum Gasteiger partial charge on any atom is 0.226 e. The molecule has 3 heterocycles. The Kier molecular flexibility index (Phi) is 3.99. The Morgan fingerprint density at radius 1 is 1.52 bits per heavy atom. The van der Waals surface area contributed by atoms with Crippen LogP contribution in [0.5, 0.6) is 0 Å². The molecule has 0 unspecified atom stereocenters. The van der Waals surface area contributed by atoms with Crippen LogP contribution in [0.3, 0.4) is 0 Å². The minimum Gasteiger partial charge on any atom is -0.384 e. The van der Waals surface area contributed by atoms with Crippen LogP contribution in [0.1, 0.15) is 24.3 Å². The first-order valence-electron chi connectivity index (χ1n) is 7.54. The summed E-state index contributed by atoms with van der Waals surface area (Å²) in [5.74, 6) is 1.00. The molecule has 1 aromatic rings. The second kappa shape index (κ2) is 5.77. The largest absolute Gasteiger partial charge is 0.384 e. The van der Waals surface area contributed by atoms with Gasteiger partial charge in [-0.25, -0.2) is 0 Å². The Labute approximate surface area is 124 Å². The van der Waals surface area contributed by atoms with Crippen molar-refractivity contribution in [3.63, 3.8) is 0 Å². The molecule has 116 valence electrons. The fourth-order valence-electron chi connectivity index (χ4n) is 3.61. The van der Waals surface area contributed by atoms with Gasteiger partial charge in [0, 0.05) is 31.7 Å². The van der Waals surface area contributed by atoms with Gasteiger partial charge in [0.15, 0.2) is 0 Å². The lowest BCUT2D eigenvalue weighted by Crippen LogP contribution is -2.45. The number of nitrogens with zero attached hydrogens (tertiary/aromatic N) is 2. The van der Waals surface area contributed by atoms with E-state index in [1.807, 2.05) is 13.0 Å². The van der Waals surface area contributed by atoms with Crippen LogP contribution in [0, 0.1) is 18.3 Å². The van der Waals surface area contributed by atoms with Gasteiger partial charge in [-0.15, -0.1) is 0 Å². The van der Waals surface area contributed by atoms with Gasteiger partial charge in [0.05, 0.1) is 18.2 Å².